The number of nitrogens with zero attached hydrogens (tertiary/aromatic N) is 4. The molecule has 0 bridgehead atoms. The Morgan fingerprint density at radius 1 is 1.41 bits per heavy atom. The normalized spacial score (nSPS) is 10.2. The summed E-state index contributed by atoms with van der Waals surface area (Å²) in [6.07, 6.45) is 2.74. The molecule has 1 amide bonds. The maximum absolute atomic E-state index is 11.9. The van der Waals surface area contributed by atoms with Crippen molar-refractivity contribution >= 4 is 23.1 Å². The first-order valence-corrected chi connectivity index (χ1v) is 5.81. The van der Waals surface area contributed by atoms with Gasteiger partial charge in [-0.15, -0.1) is 11.3 Å². The lowest BCUT2D eigenvalue weighted by molar-refractivity contribution is 0.0777. The average Bonchev–Trinajstić information content (AvgIpc) is 2.82. The van der Waals surface area contributed by atoms with Crippen LogP contribution in [0.25, 0.3) is 0 Å². The summed E-state index contributed by atoms with van der Waals surface area (Å²) in [4.78, 5) is 25.4. The van der Waals surface area contributed by atoms with Gasteiger partial charge in [-0.3, -0.25) is 4.79 Å². The number of rotatable bonds is 3. The molecule has 7 heteroatoms. The van der Waals surface area contributed by atoms with Crippen LogP contribution in [0.5, 0.6) is 0 Å². The Hall–Kier alpha value is -2.02. The quantitative estimate of drug-likeness (QED) is 0.869. The van der Waals surface area contributed by atoms with Crippen LogP contribution >= 0.6 is 11.3 Å². The Balaban J connectivity index is 2.07. The first-order valence-electron chi connectivity index (χ1n) is 4.87. The van der Waals surface area contributed by atoms with E-state index in [-0.39, 0.29) is 11.6 Å². The summed E-state index contributed by atoms with van der Waals surface area (Å²) in [6.45, 7) is 0.453. The first-order chi connectivity index (χ1) is 8.16. The summed E-state index contributed by atoms with van der Waals surface area (Å²) in [6, 6.07) is 0. The van der Waals surface area contributed by atoms with E-state index >= 15 is 0 Å². The average molecular weight is 249 g/mol. The van der Waals surface area contributed by atoms with E-state index in [0.29, 0.717) is 12.4 Å². The van der Waals surface area contributed by atoms with Gasteiger partial charge in [0.1, 0.15) is 11.5 Å². The van der Waals surface area contributed by atoms with E-state index in [0.717, 1.165) is 5.69 Å². The highest BCUT2D eigenvalue weighted by Gasteiger charge is 2.14. The molecule has 2 aromatic heterocycles. The first kappa shape index (κ1) is 11.5. The molecule has 2 aromatic rings. The van der Waals surface area contributed by atoms with Gasteiger partial charge in [-0.25, -0.2) is 15.0 Å². The number of carbonyl (C=O) groups is 1. The molecule has 2 heterocycles. The molecule has 88 valence electrons. The molecule has 0 aliphatic rings. The molecule has 0 saturated heterocycles. The zero-order valence-corrected chi connectivity index (χ0v) is 10.0. The fraction of sp³-hybridized carbons (Fsp3) is 0.200. The van der Waals surface area contributed by atoms with Crippen molar-refractivity contribution in [2.45, 2.75) is 6.54 Å². The van der Waals surface area contributed by atoms with Gasteiger partial charge in [-0.1, -0.05) is 0 Å². The molecule has 0 unspecified atom stereocenters. The van der Waals surface area contributed by atoms with Gasteiger partial charge < -0.3 is 10.6 Å². The molecule has 0 radical (unpaired) electrons. The Labute approximate surface area is 102 Å². The molecule has 0 spiro atoms. The summed E-state index contributed by atoms with van der Waals surface area (Å²) < 4.78 is 0. The minimum absolute atomic E-state index is 0.203. The molecule has 0 aliphatic carbocycles. The molecule has 2 N–H and O–H groups in total. The van der Waals surface area contributed by atoms with E-state index in [2.05, 4.69) is 15.0 Å². The van der Waals surface area contributed by atoms with E-state index in [9.17, 15) is 4.79 Å². The van der Waals surface area contributed by atoms with Crippen LogP contribution in [0.4, 0.5) is 5.82 Å². The number of aromatic nitrogens is 3. The number of nitrogen functional groups attached to an aromatic ring is 1. The van der Waals surface area contributed by atoms with Crippen molar-refractivity contribution in [3.63, 3.8) is 0 Å². The van der Waals surface area contributed by atoms with E-state index < -0.39 is 0 Å². The molecule has 0 aromatic carbocycles. The van der Waals surface area contributed by atoms with Gasteiger partial charge in [0.25, 0.3) is 5.91 Å². The maximum atomic E-state index is 11.9. The van der Waals surface area contributed by atoms with E-state index in [1.54, 1.807) is 12.6 Å². The van der Waals surface area contributed by atoms with Crippen LogP contribution in [0.1, 0.15) is 16.2 Å². The molecule has 6 nitrogen and oxygen atoms in total. The van der Waals surface area contributed by atoms with Gasteiger partial charge in [-0.05, 0) is 0 Å². The van der Waals surface area contributed by atoms with Crippen molar-refractivity contribution < 1.29 is 4.79 Å². The molecule has 0 aliphatic heterocycles. The summed E-state index contributed by atoms with van der Waals surface area (Å²) >= 11 is 1.50. The summed E-state index contributed by atoms with van der Waals surface area (Å²) in [5.41, 5.74) is 8.27. The second kappa shape index (κ2) is 4.88. The topological polar surface area (TPSA) is 85.0 Å². The number of hydrogen-bond donors (Lipinski definition) is 1. The Kier molecular flexibility index (Phi) is 3.29. The van der Waals surface area contributed by atoms with Crippen molar-refractivity contribution in [3.05, 3.63) is 34.7 Å². The maximum Gasteiger partial charge on any atom is 0.274 e. The fourth-order valence-electron chi connectivity index (χ4n) is 1.27. The zero-order chi connectivity index (χ0) is 12.3. The van der Waals surface area contributed by atoms with E-state index in [4.69, 9.17) is 5.73 Å². The largest absolute Gasteiger partial charge is 0.382 e. The lowest BCUT2D eigenvalue weighted by atomic mass is 10.3. The molecule has 2 rings (SSSR count). The van der Waals surface area contributed by atoms with Gasteiger partial charge in [0.2, 0.25) is 0 Å². The minimum Gasteiger partial charge on any atom is -0.382 e. The van der Waals surface area contributed by atoms with E-state index in [1.807, 2.05) is 5.38 Å². The van der Waals surface area contributed by atoms with Crippen LogP contribution in [0, 0.1) is 0 Å². The van der Waals surface area contributed by atoms with Crippen molar-refractivity contribution in [3.8, 4) is 0 Å². The molecule has 17 heavy (non-hydrogen) atoms. The third kappa shape index (κ3) is 2.76. The number of hydrogen-bond acceptors (Lipinski definition) is 6. The molecular weight excluding hydrogens is 238 g/mol. The predicted molar refractivity (Wildman–Crippen MR) is 64.4 cm³/mol. The highest BCUT2D eigenvalue weighted by Crippen LogP contribution is 2.07. The third-order valence-electron chi connectivity index (χ3n) is 2.12. The number of amides is 1. The van der Waals surface area contributed by atoms with Gasteiger partial charge in [0.05, 0.1) is 30.1 Å². The van der Waals surface area contributed by atoms with Crippen LogP contribution in [0.15, 0.2) is 23.3 Å². The predicted octanol–water partition coefficient (Wildman–Crippen LogP) is 0.788. The summed E-state index contributed by atoms with van der Waals surface area (Å²) in [5.74, 6) is 0.0919. The fourth-order valence-corrected chi connectivity index (χ4v) is 1.82. The monoisotopic (exact) mass is 249 g/mol. The number of carbonyl (C=O) groups excluding carboxylic acids is 1. The van der Waals surface area contributed by atoms with Crippen LogP contribution in [0.3, 0.4) is 0 Å². The standard InChI is InChI=1S/C10H11N5OS/c1-15(4-7-5-17-6-14-7)10(16)8-2-13-9(11)3-12-8/h2-3,5-6H,4H2,1H3,(H2,11,13). The highest BCUT2D eigenvalue weighted by molar-refractivity contribution is 7.07. The Bertz CT molecular complexity index is 496. The van der Waals surface area contributed by atoms with E-state index in [1.165, 1.54) is 28.6 Å². The number of nitrogens with two attached hydrogens (primary N) is 1. The van der Waals surface area contributed by atoms with Crippen molar-refractivity contribution in [1.29, 1.82) is 0 Å². The lowest BCUT2D eigenvalue weighted by Crippen LogP contribution is -2.27. The van der Waals surface area contributed by atoms with Crippen molar-refractivity contribution in [2.75, 3.05) is 12.8 Å². The molecular formula is C10H11N5OS. The highest BCUT2D eigenvalue weighted by atomic mass is 32.1. The summed E-state index contributed by atoms with van der Waals surface area (Å²) in [7, 11) is 1.69. The van der Waals surface area contributed by atoms with Crippen molar-refractivity contribution in [2.24, 2.45) is 0 Å². The molecule has 0 saturated carbocycles. The molecule has 0 fully saturated rings. The SMILES string of the molecule is CN(Cc1cscn1)C(=O)c1cnc(N)cn1. The summed E-state index contributed by atoms with van der Waals surface area (Å²) in [5, 5.41) is 1.90. The van der Waals surface area contributed by atoms with Crippen molar-refractivity contribution in [1.82, 2.24) is 19.9 Å². The van der Waals surface area contributed by atoms with Crippen LogP contribution in [-0.2, 0) is 6.54 Å². The molecule has 0 atom stereocenters. The van der Waals surface area contributed by atoms with Crippen LogP contribution in [-0.4, -0.2) is 32.8 Å². The van der Waals surface area contributed by atoms with Gasteiger partial charge in [0.15, 0.2) is 0 Å². The minimum atomic E-state index is -0.203. The number of anilines is 1. The van der Waals surface area contributed by atoms with Crippen LogP contribution < -0.4 is 5.73 Å². The van der Waals surface area contributed by atoms with Gasteiger partial charge in [0, 0.05) is 12.4 Å². The second-order valence-corrected chi connectivity index (χ2v) is 4.19. The smallest absolute Gasteiger partial charge is 0.274 e. The van der Waals surface area contributed by atoms with Gasteiger partial charge in [-0.2, -0.15) is 0 Å². The van der Waals surface area contributed by atoms with Gasteiger partial charge >= 0.3 is 0 Å². The zero-order valence-electron chi connectivity index (χ0n) is 9.20. The Morgan fingerprint density at radius 3 is 2.82 bits per heavy atom. The van der Waals surface area contributed by atoms with Crippen LogP contribution in [0.2, 0.25) is 0 Å². The Morgan fingerprint density at radius 2 is 2.24 bits per heavy atom. The lowest BCUT2D eigenvalue weighted by Gasteiger charge is -2.14. The second-order valence-electron chi connectivity index (χ2n) is 3.47. The number of thiazole rings is 1. The third-order valence-corrected chi connectivity index (χ3v) is 2.76.